The van der Waals surface area contributed by atoms with Crippen LogP contribution < -0.4 is 24.4 Å². The number of hydrogen-bond donors (Lipinski definition) is 1. The summed E-state index contributed by atoms with van der Waals surface area (Å²) in [5, 5.41) is 2.87. The lowest BCUT2D eigenvalue weighted by atomic mass is 10.1. The number of nitrogens with one attached hydrogen (secondary N) is 1. The van der Waals surface area contributed by atoms with E-state index in [2.05, 4.69) is 5.32 Å². The van der Waals surface area contributed by atoms with E-state index in [1.165, 1.54) is 7.11 Å². The van der Waals surface area contributed by atoms with Gasteiger partial charge in [0.2, 0.25) is 11.7 Å². The zero-order valence-corrected chi connectivity index (χ0v) is 15.0. The summed E-state index contributed by atoms with van der Waals surface area (Å²) in [6.45, 7) is 1.57. The monoisotopic (exact) mass is 368 g/mol. The third kappa shape index (κ3) is 3.40. The molecule has 0 bridgehead atoms. The van der Waals surface area contributed by atoms with Crippen molar-refractivity contribution in [1.29, 1.82) is 0 Å². The lowest BCUT2D eigenvalue weighted by Gasteiger charge is -2.21. The first-order valence-corrected chi connectivity index (χ1v) is 8.85. The van der Waals surface area contributed by atoms with E-state index in [0.717, 1.165) is 12.1 Å². The van der Waals surface area contributed by atoms with Crippen LogP contribution >= 0.6 is 0 Å². The second-order valence-electron chi connectivity index (χ2n) is 6.36. The summed E-state index contributed by atoms with van der Waals surface area (Å²) in [4.78, 5) is 26.4. The van der Waals surface area contributed by atoms with Crippen LogP contribution in [0.15, 0.2) is 36.4 Å². The number of ether oxygens (including phenoxy) is 3. The quantitative estimate of drug-likeness (QED) is 0.898. The zero-order chi connectivity index (χ0) is 18.8. The third-order valence-corrected chi connectivity index (χ3v) is 4.58. The largest absolute Gasteiger partial charge is 0.493 e. The van der Waals surface area contributed by atoms with Crippen molar-refractivity contribution >= 4 is 23.2 Å². The minimum atomic E-state index is -0.296. The summed E-state index contributed by atoms with van der Waals surface area (Å²) >= 11 is 0. The number of rotatable bonds is 4. The lowest BCUT2D eigenvalue weighted by molar-refractivity contribution is -0.117. The molecule has 0 aromatic heterocycles. The summed E-state index contributed by atoms with van der Waals surface area (Å²) in [5.74, 6) is 1.26. The van der Waals surface area contributed by atoms with Gasteiger partial charge in [-0.2, -0.15) is 0 Å². The standard InChI is InChI=1S/C20H20N2O5/c1-25-16-10-13(11-17-19(16)27-9-8-26-17)20(24)21-14-4-2-5-15(12-14)22-7-3-6-18(22)23/h2,4-5,10-12H,3,6-9H2,1H3,(H,21,24). The Balaban J connectivity index is 1.57. The number of nitrogens with zero attached hydrogens (tertiary/aromatic N) is 1. The maximum absolute atomic E-state index is 12.7. The molecule has 0 unspecified atom stereocenters. The molecular formula is C20H20N2O5. The van der Waals surface area contributed by atoms with Crippen LogP contribution in [0.25, 0.3) is 0 Å². The number of anilines is 2. The summed E-state index contributed by atoms with van der Waals surface area (Å²) < 4.78 is 16.5. The Morgan fingerprint density at radius 2 is 2.04 bits per heavy atom. The van der Waals surface area contributed by atoms with Crippen LogP contribution in [0.1, 0.15) is 23.2 Å². The highest BCUT2D eigenvalue weighted by atomic mass is 16.6. The molecule has 2 aliphatic heterocycles. The Bertz CT molecular complexity index is 879. The zero-order valence-electron chi connectivity index (χ0n) is 15.0. The van der Waals surface area contributed by atoms with Gasteiger partial charge in [0.05, 0.1) is 7.11 Å². The van der Waals surface area contributed by atoms with Crippen LogP contribution in [-0.4, -0.2) is 38.7 Å². The summed E-state index contributed by atoms with van der Waals surface area (Å²) in [7, 11) is 1.52. The number of fused-ring (bicyclic) bond motifs is 1. The second-order valence-corrected chi connectivity index (χ2v) is 6.36. The molecule has 0 aliphatic carbocycles. The van der Waals surface area contributed by atoms with E-state index in [9.17, 15) is 9.59 Å². The van der Waals surface area contributed by atoms with Gasteiger partial charge in [-0.3, -0.25) is 9.59 Å². The molecule has 2 heterocycles. The Kier molecular flexibility index (Phi) is 4.58. The molecule has 1 N–H and O–H groups in total. The van der Waals surface area contributed by atoms with Crippen molar-refractivity contribution in [1.82, 2.24) is 0 Å². The van der Waals surface area contributed by atoms with Crippen LogP contribution in [0, 0.1) is 0 Å². The third-order valence-electron chi connectivity index (χ3n) is 4.58. The van der Waals surface area contributed by atoms with Crippen LogP contribution in [0.5, 0.6) is 17.2 Å². The summed E-state index contributed by atoms with van der Waals surface area (Å²) in [6.07, 6.45) is 1.42. The van der Waals surface area contributed by atoms with E-state index in [4.69, 9.17) is 14.2 Å². The van der Waals surface area contributed by atoms with Crippen molar-refractivity contribution in [2.24, 2.45) is 0 Å². The minimum Gasteiger partial charge on any atom is -0.493 e. The lowest BCUT2D eigenvalue weighted by Crippen LogP contribution is -2.23. The molecule has 7 heteroatoms. The number of amides is 2. The molecule has 140 valence electrons. The number of carbonyl (C=O) groups is 2. The summed E-state index contributed by atoms with van der Waals surface area (Å²) in [5.41, 5.74) is 1.81. The molecule has 2 aromatic rings. The molecule has 2 aliphatic rings. The van der Waals surface area contributed by atoms with Gasteiger partial charge in [0.1, 0.15) is 13.2 Å². The molecule has 2 aromatic carbocycles. The van der Waals surface area contributed by atoms with Gasteiger partial charge in [-0.05, 0) is 36.8 Å². The van der Waals surface area contributed by atoms with Gasteiger partial charge in [-0.1, -0.05) is 6.07 Å². The predicted octanol–water partition coefficient (Wildman–Crippen LogP) is 2.85. The molecule has 27 heavy (non-hydrogen) atoms. The van der Waals surface area contributed by atoms with Gasteiger partial charge in [-0.15, -0.1) is 0 Å². The van der Waals surface area contributed by atoms with Crippen molar-refractivity contribution in [2.75, 3.05) is 37.1 Å². The topological polar surface area (TPSA) is 77.1 Å². The molecule has 2 amide bonds. The molecule has 0 atom stereocenters. The van der Waals surface area contributed by atoms with Crippen LogP contribution in [0.2, 0.25) is 0 Å². The Morgan fingerprint density at radius 1 is 1.19 bits per heavy atom. The van der Waals surface area contributed by atoms with E-state index < -0.39 is 0 Å². The van der Waals surface area contributed by atoms with Gasteiger partial charge in [0.25, 0.3) is 5.91 Å². The molecule has 4 rings (SSSR count). The van der Waals surface area contributed by atoms with E-state index in [-0.39, 0.29) is 11.8 Å². The SMILES string of the molecule is COc1cc(C(=O)Nc2cccc(N3CCCC3=O)c2)cc2c1OCCO2. The van der Waals surface area contributed by atoms with Gasteiger partial charge in [0.15, 0.2) is 11.5 Å². The number of hydrogen-bond acceptors (Lipinski definition) is 5. The van der Waals surface area contributed by atoms with Gasteiger partial charge in [0, 0.05) is 29.9 Å². The van der Waals surface area contributed by atoms with E-state index in [1.807, 2.05) is 12.1 Å². The highest BCUT2D eigenvalue weighted by molar-refractivity contribution is 6.05. The van der Waals surface area contributed by atoms with Crippen molar-refractivity contribution in [3.63, 3.8) is 0 Å². The first-order chi connectivity index (χ1) is 13.2. The maximum Gasteiger partial charge on any atom is 0.255 e. The fraction of sp³-hybridized carbons (Fsp3) is 0.300. The van der Waals surface area contributed by atoms with Gasteiger partial charge >= 0.3 is 0 Å². The second kappa shape index (κ2) is 7.19. The molecule has 7 nitrogen and oxygen atoms in total. The average Bonchev–Trinajstić information content (AvgIpc) is 3.13. The van der Waals surface area contributed by atoms with Crippen molar-refractivity contribution in [3.05, 3.63) is 42.0 Å². The van der Waals surface area contributed by atoms with Crippen molar-refractivity contribution in [3.8, 4) is 17.2 Å². The number of methoxy groups -OCH3 is 1. The first-order valence-electron chi connectivity index (χ1n) is 8.85. The highest BCUT2D eigenvalue weighted by Gasteiger charge is 2.23. The molecule has 0 saturated carbocycles. The van der Waals surface area contributed by atoms with Gasteiger partial charge in [-0.25, -0.2) is 0 Å². The molecule has 1 fully saturated rings. The predicted molar refractivity (Wildman–Crippen MR) is 100.0 cm³/mol. The number of benzene rings is 2. The van der Waals surface area contributed by atoms with Gasteiger partial charge < -0.3 is 24.4 Å². The fourth-order valence-electron chi connectivity index (χ4n) is 3.28. The Labute approximate surface area is 156 Å². The van der Waals surface area contributed by atoms with E-state index in [1.54, 1.807) is 29.2 Å². The number of carbonyl (C=O) groups excluding carboxylic acids is 2. The maximum atomic E-state index is 12.7. The van der Waals surface area contributed by atoms with Crippen molar-refractivity contribution in [2.45, 2.75) is 12.8 Å². The Hall–Kier alpha value is -3.22. The van der Waals surface area contributed by atoms with Crippen molar-refractivity contribution < 1.29 is 23.8 Å². The summed E-state index contributed by atoms with van der Waals surface area (Å²) in [6, 6.07) is 10.5. The molecule has 1 saturated heterocycles. The van der Waals surface area contributed by atoms with Crippen LogP contribution in [0.3, 0.4) is 0 Å². The molecule has 0 spiro atoms. The van der Waals surface area contributed by atoms with Crippen LogP contribution in [0.4, 0.5) is 11.4 Å². The average molecular weight is 368 g/mol. The molecular weight excluding hydrogens is 348 g/mol. The van der Waals surface area contributed by atoms with E-state index >= 15 is 0 Å². The minimum absolute atomic E-state index is 0.107. The normalized spacial score (nSPS) is 15.6. The van der Waals surface area contributed by atoms with E-state index in [0.29, 0.717) is 54.7 Å². The smallest absolute Gasteiger partial charge is 0.255 e. The molecule has 0 radical (unpaired) electrons. The first kappa shape index (κ1) is 17.2. The Morgan fingerprint density at radius 3 is 2.81 bits per heavy atom. The fourth-order valence-corrected chi connectivity index (χ4v) is 3.28. The van der Waals surface area contributed by atoms with Crippen LogP contribution in [-0.2, 0) is 4.79 Å². The highest BCUT2D eigenvalue weighted by Crippen LogP contribution is 2.40.